The number of aromatic nitrogens is 1. The highest BCUT2D eigenvalue weighted by Gasteiger charge is 2.12. The van der Waals surface area contributed by atoms with E-state index in [2.05, 4.69) is 0 Å². The minimum absolute atomic E-state index is 0.0117. The second kappa shape index (κ2) is 10.3. The standard InChI is InChI=1S/C26H22FNO4S/c1-31-23-15-18(8-12-22(23)32-16-17-6-10-20(27)11-7-17)14-19(9-13-25(29)30)26-28-21-4-2-3-5-24(21)33-26/h2-8,10-12,14-15H,9,13,16H2,1H3,(H,29,30)/b19-14+. The Morgan fingerprint density at radius 1 is 1.06 bits per heavy atom. The van der Waals surface area contributed by atoms with Gasteiger partial charge in [0, 0.05) is 6.42 Å². The summed E-state index contributed by atoms with van der Waals surface area (Å²) in [6.45, 7) is 0.279. The van der Waals surface area contributed by atoms with Crippen LogP contribution in [0.25, 0.3) is 21.9 Å². The van der Waals surface area contributed by atoms with Crippen LogP contribution in [0.2, 0.25) is 0 Å². The third-order valence-corrected chi connectivity index (χ3v) is 6.12. The fraction of sp³-hybridized carbons (Fsp3) is 0.154. The molecule has 0 aliphatic rings. The Morgan fingerprint density at radius 3 is 2.58 bits per heavy atom. The minimum atomic E-state index is -0.857. The molecule has 5 nitrogen and oxygen atoms in total. The number of carboxylic acids is 1. The van der Waals surface area contributed by atoms with Crippen molar-refractivity contribution in [1.82, 2.24) is 4.98 Å². The van der Waals surface area contributed by atoms with Gasteiger partial charge in [-0.15, -0.1) is 11.3 Å². The maximum Gasteiger partial charge on any atom is 0.303 e. The number of allylic oxidation sites excluding steroid dienone is 1. The zero-order valence-electron chi connectivity index (χ0n) is 18.0. The van der Waals surface area contributed by atoms with Gasteiger partial charge in [-0.3, -0.25) is 4.79 Å². The van der Waals surface area contributed by atoms with Gasteiger partial charge in [0.25, 0.3) is 0 Å². The molecule has 0 saturated carbocycles. The van der Waals surface area contributed by atoms with Crippen LogP contribution in [-0.2, 0) is 11.4 Å². The Morgan fingerprint density at radius 2 is 1.85 bits per heavy atom. The second-order valence-corrected chi connectivity index (χ2v) is 8.41. The van der Waals surface area contributed by atoms with Gasteiger partial charge in [0.15, 0.2) is 11.5 Å². The molecular weight excluding hydrogens is 441 g/mol. The van der Waals surface area contributed by atoms with Crippen LogP contribution in [0.1, 0.15) is 29.0 Å². The number of hydrogen-bond acceptors (Lipinski definition) is 5. The molecule has 0 saturated heterocycles. The SMILES string of the molecule is COc1cc(/C=C(\CCC(=O)O)c2nc3ccccc3s2)ccc1OCc1ccc(F)cc1. The number of carboxylic acid groups (broad SMARTS) is 1. The lowest BCUT2D eigenvalue weighted by Gasteiger charge is -2.12. The molecular formula is C26H22FNO4S. The van der Waals surface area contributed by atoms with Gasteiger partial charge in [-0.05, 0) is 65.6 Å². The molecule has 1 heterocycles. The summed E-state index contributed by atoms with van der Waals surface area (Å²) in [7, 11) is 1.56. The van der Waals surface area contributed by atoms with Gasteiger partial charge in [0.2, 0.25) is 0 Å². The first kappa shape index (κ1) is 22.5. The summed E-state index contributed by atoms with van der Waals surface area (Å²) in [6, 6.07) is 19.5. The number of benzene rings is 3. The largest absolute Gasteiger partial charge is 0.493 e. The van der Waals surface area contributed by atoms with Crippen molar-refractivity contribution in [3.05, 3.63) is 88.7 Å². The second-order valence-electron chi connectivity index (χ2n) is 7.38. The lowest BCUT2D eigenvalue weighted by molar-refractivity contribution is -0.136. The van der Waals surface area contributed by atoms with E-state index >= 15 is 0 Å². The predicted molar refractivity (Wildman–Crippen MR) is 128 cm³/mol. The molecule has 4 aromatic rings. The van der Waals surface area contributed by atoms with E-state index < -0.39 is 5.97 Å². The number of hydrogen-bond donors (Lipinski definition) is 1. The molecule has 0 spiro atoms. The van der Waals surface area contributed by atoms with E-state index in [1.54, 1.807) is 36.6 Å². The maximum absolute atomic E-state index is 13.1. The summed E-state index contributed by atoms with van der Waals surface area (Å²) in [6.07, 6.45) is 2.31. The monoisotopic (exact) mass is 463 g/mol. The van der Waals surface area contributed by atoms with Crippen LogP contribution in [0.15, 0.2) is 66.7 Å². The van der Waals surface area contributed by atoms with Crippen molar-refractivity contribution in [2.45, 2.75) is 19.4 Å². The van der Waals surface area contributed by atoms with Crippen molar-refractivity contribution in [3.8, 4) is 11.5 Å². The quantitative estimate of drug-likeness (QED) is 0.310. The molecule has 168 valence electrons. The zero-order chi connectivity index (χ0) is 23.2. The van der Waals surface area contributed by atoms with Gasteiger partial charge in [-0.2, -0.15) is 0 Å². The van der Waals surface area contributed by atoms with Gasteiger partial charge in [0.05, 0.1) is 17.3 Å². The number of ether oxygens (including phenoxy) is 2. The van der Waals surface area contributed by atoms with Gasteiger partial charge in [-0.25, -0.2) is 9.37 Å². The predicted octanol–water partition coefficient (Wildman–Crippen LogP) is 6.43. The highest BCUT2D eigenvalue weighted by molar-refractivity contribution is 7.19. The zero-order valence-corrected chi connectivity index (χ0v) is 18.8. The average molecular weight is 464 g/mol. The van der Waals surface area contributed by atoms with Crippen LogP contribution in [0, 0.1) is 5.82 Å². The Balaban J connectivity index is 1.60. The van der Waals surface area contributed by atoms with Crippen molar-refractivity contribution in [1.29, 1.82) is 0 Å². The number of thiazole rings is 1. The smallest absolute Gasteiger partial charge is 0.303 e. The number of para-hydroxylation sites is 1. The molecule has 0 aliphatic heterocycles. The molecule has 0 amide bonds. The third kappa shape index (κ3) is 5.75. The topological polar surface area (TPSA) is 68.7 Å². The third-order valence-electron chi connectivity index (χ3n) is 5.01. The van der Waals surface area contributed by atoms with E-state index in [0.717, 1.165) is 31.9 Å². The molecule has 3 aromatic carbocycles. The summed E-state index contributed by atoms with van der Waals surface area (Å²) < 4.78 is 25.5. The normalized spacial score (nSPS) is 11.5. The molecule has 0 radical (unpaired) electrons. The lowest BCUT2D eigenvalue weighted by Crippen LogP contribution is -1.98. The summed E-state index contributed by atoms with van der Waals surface area (Å²) in [5.74, 6) is -0.0396. The first-order chi connectivity index (χ1) is 16.0. The Kier molecular flexibility index (Phi) is 7.00. The van der Waals surface area contributed by atoms with Crippen LogP contribution in [0.5, 0.6) is 11.5 Å². The molecule has 0 unspecified atom stereocenters. The molecule has 0 fully saturated rings. The number of aliphatic carboxylic acids is 1. The number of rotatable bonds is 9. The molecule has 33 heavy (non-hydrogen) atoms. The van der Waals surface area contributed by atoms with E-state index in [0.29, 0.717) is 17.9 Å². The average Bonchev–Trinajstić information content (AvgIpc) is 3.26. The van der Waals surface area contributed by atoms with Crippen LogP contribution >= 0.6 is 11.3 Å². The first-order valence-electron chi connectivity index (χ1n) is 10.4. The lowest BCUT2D eigenvalue weighted by atomic mass is 10.1. The molecule has 0 aliphatic carbocycles. The highest BCUT2D eigenvalue weighted by atomic mass is 32.1. The van der Waals surface area contributed by atoms with Crippen molar-refractivity contribution in [3.63, 3.8) is 0 Å². The Labute approximate surface area is 194 Å². The molecule has 7 heteroatoms. The minimum Gasteiger partial charge on any atom is -0.493 e. The van der Waals surface area contributed by atoms with E-state index in [9.17, 15) is 14.3 Å². The molecule has 1 aromatic heterocycles. The maximum atomic E-state index is 13.1. The van der Waals surface area contributed by atoms with Gasteiger partial charge in [-0.1, -0.05) is 30.3 Å². The van der Waals surface area contributed by atoms with Crippen molar-refractivity contribution >= 4 is 39.2 Å². The van der Waals surface area contributed by atoms with Gasteiger partial charge >= 0.3 is 5.97 Å². The van der Waals surface area contributed by atoms with Gasteiger partial charge in [0.1, 0.15) is 17.4 Å². The number of halogens is 1. The highest BCUT2D eigenvalue weighted by Crippen LogP contribution is 2.34. The number of nitrogens with zero attached hydrogens (tertiary/aromatic N) is 1. The summed E-state index contributed by atoms with van der Waals surface area (Å²) in [5, 5.41) is 10.00. The first-order valence-corrected chi connectivity index (χ1v) is 11.2. The number of carbonyl (C=O) groups is 1. The number of fused-ring (bicyclic) bond motifs is 1. The van der Waals surface area contributed by atoms with Crippen LogP contribution < -0.4 is 9.47 Å². The Hall–Kier alpha value is -3.71. The van der Waals surface area contributed by atoms with Crippen LogP contribution in [0.4, 0.5) is 4.39 Å². The molecule has 0 atom stereocenters. The van der Waals surface area contributed by atoms with Crippen LogP contribution in [-0.4, -0.2) is 23.2 Å². The van der Waals surface area contributed by atoms with E-state index in [4.69, 9.17) is 14.5 Å². The summed E-state index contributed by atoms with van der Waals surface area (Å²) >= 11 is 1.54. The fourth-order valence-electron chi connectivity index (χ4n) is 3.33. The van der Waals surface area contributed by atoms with E-state index in [1.165, 1.54) is 12.1 Å². The summed E-state index contributed by atoms with van der Waals surface area (Å²) in [4.78, 5) is 15.9. The van der Waals surface area contributed by atoms with E-state index in [1.807, 2.05) is 42.5 Å². The molecule has 1 N–H and O–H groups in total. The Bertz CT molecular complexity index is 1260. The van der Waals surface area contributed by atoms with Crippen LogP contribution in [0.3, 0.4) is 0 Å². The van der Waals surface area contributed by atoms with Crippen molar-refractivity contribution in [2.24, 2.45) is 0 Å². The van der Waals surface area contributed by atoms with Crippen molar-refractivity contribution in [2.75, 3.05) is 7.11 Å². The van der Waals surface area contributed by atoms with Gasteiger partial charge < -0.3 is 14.6 Å². The fourth-order valence-corrected chi connectivity index (χ4v) is 4.34. The van der Waals surface area contributed by atoms with E-state index in [-0.39, 0.29) is 18.8 Å². The summed E-state index contributed by atoms with van der Waals surface area (Å²) in [5.41, 5.74) is 3.43. The molecule has 4 rings (SSSR count). The number of methoxy groups -OCH3 is 1. The molecule has 0 bridgehead atoms. The van der Waals surface area contributed by atoms with Crippen molar-refractivity contribution < 1.29 is 23.8 Å².